The molecule has 0 bridgehead atoms. The van der Waals surface area contributed by atoms with Crippen LogP contribution in [-0.2, 0) is 6.61 Å². The predicted molar refractivity (Wildman–Crippen MR) is 69.5 cm³/mol. The monoisotopic (exact) mass is 323 g/mol. The number of rotatable bonds is 3. The van der Waals surface area contributed by atoms with Crippen LogP contribution in [0.15, 0.2) is 40.9 Å². The first-order chi connectivity index (χ1) is 9.11. The topological polar surface area (TPSA) is 33.0 Å². The summed E-state index contributed by atoms with van der Waals surface area (Å²) in [4.78, 5) is 0. The van der Waals surface area contributed by atoms with Crippen LogP contribution < -0.4 is 4.74 Å². The van der Waals surface area contributed by atoms with Gasteiger partial charge in [-0.15, -0.1) is 0 Å². The molecule has 0 saturated heterocycles. The SMILES string of the molecule is N#Cc1cc(F)c(OCc2ccccc2Br)c(F)c1. The fourth-order valence-electron chi connectivity index (χ4n) is 1.53. The van der Waals surface area contributed by atoms with E-state index in [-0.39, 0.29) is 12.2 Å². The Morgan fingerprint density at radius 3 is 2.37 bits per heavy atom. The first-order valence-corrected chi connectivity index (χ1v) is 6.16. The highest BCUT2D eigenvalue weighted by Crippen LogP contribution is 2.25. The minimum Gasteiger partial charge on any atom is -0.483 e. The lowest BCUT2D eigenvalue weighted by Crippen LogP contribution is -2.01. The molecule has 0 heterocycles. The van der Waals surface area contributed by atoms with Crippen LogP contribution in [0.2, 0.25) is 0 Å². The zero-order valence-corrected chi connectivity index (χ0v) is 11.2. The highest BCUT2D eigenvalue weighted by Gasteiger charge is 2.13. The van der Waals surface area contributed by atoms with Gasteiger partial charge in [0.15, 0.2) is 17.4 Å². The molecule has 0 unspecified atom stereocenters. The van der Waals surface area contributed by atoms with Crippen molar-refractivity contribution in [2.24, 2.45) is 0 Å². The summed E-state index contributed by atoms with van der Waals surface area (Å²) in [6.07, 6.45) is 0. The summed E-state index contributed by atoms with van der Waals surface area (Å²) in [6, 6.07) is 10.8. The van der Waals surface area contributed by atoms with Crippen molar-refractivity contribution in [3.8, 4) is 11.8 Å². The molecule has 0 saturated carbocycles. The number of hydrogen-bond donors (Lipinski definition) is 0. The van der Waals surface area contributed by atoms with Gasteiger partial charge in [0.2, 0.25) is 0 Å². The van der Waals surface area contributed by atoms with Gasteiger partial charge in [-0.25, -0.2) is 8.78 Å². The molecule has 0 aliphatic heterocycles. The summed E-state index contributed by atoms with van der Waals surface area (Å²) in [7, 11) is 0. The van der Waals surface area contributed by atoms with Crippen molar-refractivity contribution >= 4 is 15.9 Å². The number of benzene rings is 2. The van der Waals surface area contributed by atoms with Gasteiger partial charge < -0.3 is 4.74 Å². The Hall–Kier alpha value is -1.93. The summed E-state index contributed by atoms with van der Waals surface area (Å²) in [6.45, 7) is 0.0289. The molecular formula is C14H8BrF2NO. The van der Waals surface area contributed by atoms with Crippen molar-refractivity contribution < 1.29 is 13.5 Å². The maximum absolute atomic E-state index is 13.6. The summed E-state index contributed by atoms with van der Waals surface area (Å²) in [5.74, 6) is -2.25. The van der Waals surface area contributed by atoms with Gasteiger partial charge in [0, 0.05) is 10.0 Å². The van der Waals surface area contributed by atoms with Crippen LogP contribution in [-0.4, -0.2) is 0 Å². The second kappa shape index (κ2) is 5.81. The van der Waals surface area contributed by atoms with Crippen molar-refractivity contribution in [2.45, 2.75) is 6.61 Å². The Morgan fingerprint density at radius 2 is 1.79 bits per heavy atom. The van der Waals surface area contributed by atoms with E-state index in [0.717, 1.165) is 22.2 Å². The van der Waals surface area contributed by atoms with Gasteiger partial charge in [-0.1, -0.05) is 34.1 Å². The molecule has 0 N–H and O–H groups in total. The molecule has 0 atom stereocenters. The molecule has 0 radical (unpaired) electrons. The Bertz CT molecular complexity index is 629. The summed E-state index contributed by atoms with van der Waals surface area (Å²) < 4.78 is 33.1. The Kier molecular flexibility index (Phi) is 4.13. The zero-order chi connectivity index (χ0) is 13.8. The summed E-state index contributed by atoms with van der Waals surface area (Å²) in [5, 5.41) is 8.59. The first-order valence-electron chi connectivity index (χ1n) is 5.37. The second-order valence-corrected chi connectivity index (χ2v) is 4.62. The lowest BCUT2D eigenvalue weighted by atomic mass is 10.2. The third kappa shape index (κ3) is 3.09. The molecule has 0 aliphatic rings. The van der Waals surface area contributed by atoms with Crippen LogP contribution in [0.4, 0.5) is 8.78 Å². The molecule has 2 aromatic carbocycles. The average molecular weight is 324 g/mol. The van der Waals surface area contributed by atoms with E-state index in [2.05, 4.69) is 15.9 Å². The van der Waals surface area contributed by atoms with Gasteiger partial charge in [-0.3, -0.25) is 0 Å². The van der Waals surface area contributed by atoms with Crippen LogP contribution in [0.5, 0.6) is 5.75 Å². The lowest BCUT2D eigenvalue weighted by molar-refractivity contribution is 0.273. The van der Waals surface area contributed by atoms with Crippen molar-refractivity contribution in [2.75, 3.05) is 0 Å². The molecule has 2 rings (SSSR count). The smallest absolute Gasteiger partial charge is 0.191 e. The van der Waals surface area contributed by atoms with E-state index in [0.29, 0.717) is 0 Å². The standard InChI is InChI=1S/C14H8BrF2NO/c15-11-4-2-1-3-10(11)8-19-14-12(16)5-9(7-18)6-13(14)17/h1-6H,8H2. The molecule has 2 nitrogen and oxygen atoms in total. The van der Waals surface area contributed by atoms with Crippen molar-refractivity contribution in [3.63, 3.8) is 0 Å². The van der Waals surface area contributed by atoms with E-state index in [4.69, 9.17) is 10.00 Å². The molecule has 5 heteroatoms. The molecule has 0 spiro atoms. The maximum Gasteiger partial charge on any atom is 0.191 e. The zero-order valence-electron chi connectivity index (χ0n) is 9.66. The van der Waals surface area contributed by atoms with E-state index in [1.165, 1.54) is 0 Å². The maximum atomic E-state index is 13.6. The molecule has 0 fully saturated rings. The highest BCUT2D eigenvalue weighted by molar-refractivity contribution is 9.10. The molecule has 2 aromatic rings. The molecule has 96 valence electrons. The third-order valence-corrected chi connectivity index (χ3v) is 3.23. The summed E-state index contributed by atoms with van der Waals surface area (Å²) in [5.41, 5.74) is 0.689. The van der Waals surface area contributed by atoms with Crippen LogP contribution in [0.3, 0.4) is 0 Å². The van der Waals surface area contributed by atoms with Gasteiger partial charge >= 0.3 is 0 Å². The van der Waals surface area contributed by atoms with Crippen LogP contribution in [0.1, 0.15) is 11.1 Å². The largest absolute Gasteiger partial charge is 0.483 e. The number of halogens is 3. The molecule has 0 aromatic heterocycles. The van der Waals surface area contributed by atoms with Gasteiger partial charge in [-0.05, 0) is 18.2 Å². The van der Waals surface area contributed by atoms with Gasteiger partial charge in [0.25, 0.3) is 0 Å². The summed E-state index contributed by atoms with van der Waals surface area (Å²) >= 11 is 3.32. The quantitative estimate of drug-likeness (QED) is 0.849. The normalized spacial score (nSPS) is 10.0. The molecule has 0 amide bonds. The van der Waals surface area contributed by atoms with Gasteiger partial charge in [0.1, 0.15) is 6.61 Å². The van der Waals surface area contributed by atoms with Crippen molar-refractivity contribution in [1.29, 1.82) is 5.26 Å². The highest BCUT2D eigenvalue weighted by atomic mass is 79.9. The lowest BCUT2D eigenvalue weighted by Gasteiger charge is -2.09. The van der Waals surface area contributed by atoms with Crippen LogP contribution in [0, 0.1) is 23.0 Å². The van der Waals surface area contributed by atoms with Gasteiger partial charge in [-0.2, -0.15) is 5.26 Å². The Labute approximate surface area is 117 Å². The number of ether oxygens (including phenoxy) is 1. The van der Waals surface area contributed by atoms with Crippen LogP contribution >= 0.6 is 15.9 Å². The van der Waals surface area contributed by atoms with E-state index in [9.17, 15) is 8.78 Å². The fourth-order valence-corrected chi connectivity index (χ4v) is 1.93. The van der Waals surface area contributed by atoms with E-state index < -0.39 is 17.4 Å². The Balaban J connectivity index is 2.21. The van der Waals surface area contributed by atoms with E-state index in [1.54, 1.807) is 18.2 Å². The van der Waals surface area contributed by atoms with Crippen molar-refractivity contribution in [1.82, 2.24) is 0 Å². The second-order valence-electron chi connectivity index (χ2n) is 3.76. The average Bonchev–Trinajstić information content (AvgIpc) is 2.39. The third-order valence-electron chi connectivity index (χ3n) is 2.46. The van der Waals surface area contributed by atoms with E-state index >= 15 is 0 Å². The first kappa shape index (κ1) is 13.5. The number of nitriles is 1. The number of nitrogens with zero attached hydrogens (tertiary/aromatic N) is 1. The minimum absolute atomic E-state index is 0.0289. The molecular weight excluding hydrogens is 316 g/mol. The molecule has 19 heavy (non-hydrogen) atoms. The van der Waals surface area contributed by atoms with Crippen LogP contribution in [0.25, 0.3) is 0 Å². The minimum atomic E-state index is -0.886. The Morgan fingerprint density at radius 1 is 1.16 bits per heavy atom. The predicted octanol–water partition coefficient (Wildman–Crippen LogP) is 4.18. The molecule has 0 aliphatic carbocycles. The number of hydrogen-bond acceptors (Lipinski definition) is 2. The van der Waals surface area contributed by atoms with E-state index in [1.807, 2.05) is 12.1 Å². The van der Waals surface area contributed by atoms with Crippen molar-refractivity contribution in [3.05, 3.63) is 63.6 Å². The fraction of sp³-hybridized carbons (Fsp3) is 0.0714. The van der Waals surface area contributed by atoms with Gasteiger partial charge in [0.05, 0.1) is 11.6 Å².